The zero-order valence-electron chi connectivity index (χ0n) is 13.6. The monoisotopic (exact) mass is 318 g/mol. The minimum Gasteiger partial charge on any atom is -0.497 e. The van der Waals surface area contributed by atoms with Gasteiger partial charge in [0.1, 0.15) is 5.75 Å². The van der Waals surface area contributed by atoms with E-state index in [9.17, 15) is 9.59 Å². The average Bonchev–Trinajstić information content (AvgIpc) is 2.87. The number of aromatic nitrogens is 1. The Hall–Kier alpha value is -2.50. The Morgan fingerprint density at radius 2 is 2.09 bits per heavy atom. The number of rotatable bonds is 7. The van der Waals surface area contributed by atoms with Gasteiger partial charge in [-0.1, -0.05) is 0 Å². The van der Waals surface area contributed by atoms with E-state index in [1.165, 1.54) is 0 Å². The molecule has 1 amide bonds. The van der Waals surface area contributed by atoms with Crippen molar-refractivity contribution in [2.45, 2.75) is 38.6 Å². The number of amides is 1. The Morgan fingerprint density at radius 1 is 1.35 bits per heavy atom. The van der Waals surface area contributed by atoms with Crippen LogP contribution in [-0.4, -0.2) is 34.6 Å². The first kappa shape index (κ1) is 16.9. The maximum absolute atomic E-state index is 12.3. The van der Waals surface area contributed by atoms with Crippen molar-refractivity contribution in [1.29, 1.82) is 0 Å². The lowest BCUT2D eigenvalue weighted by Gasteiger charge is -2.25. The lowest BCUT2D eigenvalue weighted by molar-refractivity contribution is -0.137. The summed E-state index contributed by atoms with van der Waals surface area (Å²) in [5, 5.41) is 12.6. The van der Waals surface area contributed by atoms with Crippen LogP contribution in [0.5, 0.6) is 5.75 Å². The quantitative estimate of drug-likeness (QED) is 0.731. The van der Waals surface area contributed by atoms with Crippen molar-refractivity contribution in [3.05, 3.63) is 30.0 Å². The molecular weight excluding hydrogens is 296 g/mol. The van der Waals surface area contributed by atoms with E-state index >= 15 is 0 Å². The van der Waals surface area contributed by atoms with Crippen LogP contribution >= 0.6 is 0 Å². The van der Waals surface area contributed by atoms with Crippen LogP contribution in [0.3, 0.4) is 0 Å². The molecule has 124 valence electrons. The number of carboxylic acids is 1. The van der Waals surface area contributed by atoms with E-state index < -0.39 is 11.5 Å². The third kappa shape index (κ3) is 4.48. The van der Waals surface area contributed by atoms with Crippen molar-refractivity contribution >= 4 is 22.8 Å². The van der Waals surface area contributed by atoms with Crippen LogP contribution in [0, 0.1) is 0 Å². The van der Waals surface area contributed by atoms with Gasteiger partial charge >= 0.3 is 5.97 Å². The van der Waals surface area contributed by atoms with Gasteiger partial charge in [-0.2, -0.15) is 0 Å². The van der Waals surface area contributed by atoms with Gasteiger partial charge < -0.3 is 20.1 Å². The average molecular weight is 318 g/mol. The molecule has 0 unspecified atom stereocenters. The molecule has 1 aromatic heterocycles. The number of carbonyl (C=O) groups excluding carboxylic acids is 1. The topological polar surface area (TPSA) is 91.4 Å². The molecule has 23 heavy (non-hydrogen) atoms. The fourth-order valence-corrected chi connectivity index (χ4v) is 2.51. The third-order valence-electron chi connectivity index (χ3n) is 3.77. The molecule has 2 aromatic rings. The maximum Gasteiger partial charge on any atom is 0.303 e. The van der Waals surface area contributed by atoms with E-state index in [2.05, 4.69) is 10.3 Å². The fraction of sp³-hybridized carbons (Fsp3) is 0.412. The van der Waals surface area contributed by atoms with Crippen LogP contribution in [0.1, 0.15) is 32.3 Å². The van der Waals surface area contributed by atoms with Crippen molar-refractivity contribution in [1.82, 2.24) is 10.3 Å². The molecule has 0 fully saturated rings. The summed E-state index contributed by atoms with van der Waals surface area (Å²) in [6.07, 6.45) is 2.45. The van der Waals surface area contributed by atoms with Gasteiger partial charge in [0.25, 0.3) is 0 Å². The molecule has 0 aliphatic rings. The van der Waals surface area contributed by atoms with E-state index in [4.69, 9.17) is 9.84 Å². The van der Waals surface area contributed by atoms with E-state index in [-0.39, 0.29) is 18.7 Å². The number of carboxylic acid groups (broad SMARTS) is 1. The number of hydrogen-bond acceptors (Lipinski definition) is 3. The van der Waals surface area contributed by atoms with E-state index in [1.54, 1.807) is 7.11 Å². The fourth-order valence-electron chi connectivity index (χ4n) is 2.51. The molecule has 0 saturated carbocycles. The van der Waals surface area contributed by atoms with Gasteiger partial charge in [-0.25, -0.2) is 0 Å². The van der Waals surface area contributed by atoms with Crippen LogP contribution < -0.4 is 10.1 Å². The lowest BCUT2D eigenvalue weighted by Crippen LogP contribution is -2.44. The highest BCUT2D eigenvalue weighted by Crippen LogP contribution is 2.24. The van der Waals surface area contributed by atoms with Gasteiger partial charge in [-0.05, 0) is 44.0 Å². The Morgan fingerprint density at radius 3 is 2.74 bits per heavy atom. The molecule has 0 bridgehead atoms. The molecule has 0 spiro atoms. The number of ether oxygens (including phenoxy) is 1. The van der Waals surface area contributed by atoms with Gasteiger partial charge in [0.15, 0.2) is 0 Å². The standard InChI is InChI=1S/C17H22N2O4/c1-17(2,7-6-16(21)22)19-15(20)8-11-10-18-14-5-4-12(23-3)9-13(11)14/h4-5,9-10,18H,6-8H2,1-3H3,(H,19,20)(H,21,22). The second kappa shape index (κ2) is 6.73. The summed E-state index contributed by atoms with van der Waals surface area (Å²) in [5.41, 5.74) is 1.27. The van der Waals surface area contributed by atoms with Crippen LogP contribution in [0.25, 0.3) is 10.9 Å². The normalized spacial score (nSPS) is 11.4. The summed E-state index contributed by atoms with van der Waals surface area (Å²) in [5.74, 6) is -0.263. The highest BCUT2D eigenvalue weighted by atomic mass is 16.5. The number of benzene rings is 1. The molecule has 0 radical (unpaired) electrons. The maximum atomic E-state index is 12.3. The number of nitrogens with one attached hydrogen (secondary N) is 2. The molecule has 3 N–H and O–H groups in total. The largest absolute Gasteiger partial charge is 0.497 e. The molecule has 0 saturated heterocycles. The summed E-state index contributed by atoms with van der Waals surface area (Å²) < 4.78 is 5.22. The lowest BCUT2D eigenvalue weighted by atomic mass is 9.97. The van der Waals surface area contributed by atoms with Crippen LogP contribution in [0.2, 0.25) is 0 Å². The molecule has 0 atom stereocenters. The number of hydrogen-bond donors (Lipinski definition) is 3. The summed E-state index contributed by atoms with van der Waals surface area (Å²) in [7, 11) is 1.60. The smallest absolute Gasteiger partial charge is 0.303 e. The molecule has 2 rings (SSSR count). The third-order valence-corrected chi connectivity index (χ3v) is 3.77. The van der Waals surface area contributed by atoms with Gasteiger partial charge in [0.05, 0.1) is 13.5 Å². The second-order valence-corrected chi connectivity index (χ2v) is 6.23. The number of methoxy groups -OCH3 is 1. The van der Waals surface area contributed by atoms with Crippen molar-refractivity contribution in [3.63, 3.8) is 0 Å². The highest BCUT2D eigenvalue weighted by molar-refractivity contribution is 5.90. The van der Waals surface area contributed by atoms with E-state index in [0.29, 0.717) is 6.42 Å². The van der Waals surface area contributed by atoms with Gasteiger partial charge in [-0.3, -0.25) is 9.59 Å². The van der Waals surface area contributed by atoms with E-state index in [1.807, 2.05) is 38.2 Å². The molecule has 6 heteroatoms. The Bertz CT molecular complexity index is 718. The minimum atomic E-state index is -0.865. The zero-order chi connectivity index (χ0) is 17.0. The summed E-state index contributed by atoms with van der Waals surface area (Å²) in [6, 6.07) is 5.66. The van der Waals surface area contributed by atoms with Crippen molar-refractivity contribution in [2.75, 3.05) is 7.11 Å². The molecule has 0 aliphatic heterocycles. The first-order valence-corrected chi connectivity index (χ1v) is 7.47. The summed E-state index contributed by atoms with van der Waals surface area (Å²) in [6.45, 7) is 3.65. The van der Waals surface area contributed by atoms with Crippen LogP contribution in [0.4, 0.5) is 0 Å². The van der Waals surface area contributed by atoms with Crippen molar-refractivity contribution in [3.8, 4) is 5.75 Å². The zero-order valence-corrected chi connectivity index (χ0v) is 13.6. The Balaban J connectivity index is 2.06. The predicted octanol–water partition coefficient (Wildman–Crippen LogP) is 2.48. The molecule has 0 aliphatic carbocycles. The van der Waals surface area contributed by atoms with Gasteiger partial charge in [0.2, 0.25) is 5.91 Å². The van der Waals surface area contributed by atoms with Crippen LogP contribution in [0.15, 0.2) is 24.4 Å². The Labute approximate surface area is 134 Å². The van der Waals surface area contributed by atoms with Gasteiger partial charge in [-0.15, -0.1) is 0 Å². The first-order chi connectivity index (χ1) is 10.8. The number of H-pyrrole nitrogens is 1. The molecule has 1 aromatic carbocycles. The molecule has 6 nitrogen and oxygen atoms in total. The molecular formula is C17H22N2O4. The number of aromatic amines is 1. The predicted molar refractivity (Wildman–Crippen MR) is 87.6 cm³/mol. The summed E-state index contributed by atoms with van der Waals surface area (Å²) >= 11 is 0. The summed E-state index contributed by atoms with van der Waals surface area (Å²) in [4.78, 5) is 26.1. The van der Waals surface area contributed by atoms with Crippen molar-refractivity contribution < 1.29 is 19.4 Å². The first-order valence-electron chi connectivity index (χ1n) is 7.47. The van der Waals surface area contributed by atoms with Gasteiger partial charge in [0, 0.05) is 29.1 Å². The number of fused-ring (bicyclic) bond motifs is 1. The second-order valence-electron chi connectivity index (χ2n) is 6.23. The highest BCUT2D eigenvalue weighted by Gasteiger charge is 2.22. The number of aliphatic carboxylic acids is 1. The van der Waals surface area contributed by atoms with E-state index in [0.717, 1.165) is 22.2 Å². The molecule has 1 heterocycles. The Kier molecular flexibility index (Phi) is 4.93. The van der Waals surface area contributed by atoms with Crippen LogP contribution in [-0.2, 0) is 16.0 Å². The minimum absolute atomic E-state index is 0.0254. The number of carbonyl (C=O) groups is 2. The SMILES string of the molecule is COc1ccc2[nH]cc(CC(=O)NC(C)(C)CCC(=O)O)c2c1. The van der Waals surface area contributed by atoms with Crippen molar-refractivity contribution in [2.24, 2.45) is 0 Å².